The molecule has 2 aromatic carbocycles. The van der Waals surface area contributed by atoms with Crippen LogP contribution in [0.15, 0.2) is 36.4 Å². The molecular formula is C18H21ClN2O3. The van der Waals surface area contributed by atoms with Crippen molar-refractivity contribution in [3.63, 3.8) is 0 Å². The van der Waals surface area contributed by atoms with E-state index in [1.807, 2.05) is 31.2 Å². The Bertz CT molecular complexity index is 719. The van der Waals surface area contributed by atoms with Crippen LogP contribution >= 0.6 is 11.6 Å². The van der Waals surface area contributed by atoms with E-state index < -0.39 is 0 Å². The Morgan fingerprint density at radius 1 is 1.21 bits per heavy atom. The molecule has 2 rings (SSSR count). The lowest BCUT2D eigenvalue weighted by Gasteiger charge is -2.14. The molecule has 0 saturated heterocycles. The zero-order valence-corrected chi connectivity index (χ0v) is 14.7. The molecule has 0 aromatic heterocycles. The Kier molecular flexibility index (Phi) is 6.32. The number of benzene rings is 2. The quantitative estimate of drug-likeness (QED) is 0.762. The van der Waals surface area contributed by atoms with Crippen molar-refractivity contribution in [1.29, 1.82) is 0 Å². The second-order valence-corrected chi connectivity index (χ2v) is 5.59. The standard InChI is InChI=1S/C18H21ClN2O3/c1-4-13-7-5-6-8-16(13)24-11-20-18(22)21-15-9-12(2)14(19)10-17(15)23-3/h5-10H,4,11H2,1-3H3,(H2,20,21,22). The fourth-order valence-corrected chi connectivity index (χ4v) is 2.37. The van der Waals surface area contributed by atoms with Gasteiger partial charge < -0.3 is 20.1 Å². The molecule has 6 heteroatoms. The molecule has 0 saturated carbocycles. The molecule has 0 heterocycles. The third kappa shape index (κ3) is 4.55. The van der Waals surface area contributed by atoms with Crippen LogP contribution in [0.1, 0.15) is 18.1 Å². The lowest BCUT2D eigenvalue weighted by Crippen LogP contribution is -2.32. The van der Waals surface area contributed by atoms with Gasteiger partial charge in [-0.2, -0.15) is 0 Å². The third-order valence-electron chi connectivity index (χ3n) is 3.54. The van der Waals surface area contributed by atoms with Crippen molar-refractivity contribution in [3.05, 3.63) is 52.5 Å². The van der Waals surface area contributed by atoms with Crippen molar-refractivity contribution in [1.82, 2.24) is 5.32 Å². The van der Waals surface area contributed by atoms with Crippen LogP contribution < -0.4 is 20.1 Å². The van der Waals surface area contributed by atoms with Gasteiger partial charge in [0, 0.05) is 11.1 Å². The molecule has 0 radical (unpaired) electrons. The first-order valence-corrected chi connectivity index (χ1v) is 8.02. The summed E-state index contributed by atoms with van der Waals surface area (Å²) in [6, 6.07) is 10.8. The summed E-state index contributed by atoms with van der Waals surface area (Å²) in [5.41, 5.74) is 2.49. The fourth-order valence-electron chi connectivity index (χ4n) is 2.21. The molecule has 5 nitrogen and oxygen atoms in total. The Morgan fingerprint density at radius 3 is 2.67 bits per heavy atom. The number of para-hydroxylation sites is 1. The molecule has 0 aliphatic carbocycles. The van der Waals surface area contributed by atoms with Gasteiger partial charge in [-0.3, -0.25) is 0 Å². The SMILES string of the molecule is CCc1ccccc1OCNC(=O)Nc1cc(C)c(Cl)cc1OC. The van der Waals surface area contributed by atoms with E-state index in [-0.39, 0.29) is 12.8 Å². The summed E-state index contributed by atoms with van der Waals surface area (Å²) in [6.45, 7) is 3.98. The lowest BCUT2D eigenvalue weighted by atomic mass is 10.1. The van der Waals surface area contributed by atoms with Gasteiger partial charge >= 0.3 is 6.03 Å². The number of aryl methyl sites for hydroxylation is 2. The van der Waals surface area contributed by atoms with E-state index in [2.05, 4.69) is 17.6 Å². The van der Waals surface area contributed by atoms with Crippen LogP contribution in [0.2, 0.25) is 5.02 Å². The number of urea groups is 1. The minimum Gasteiger partial charge on any atom is -0.495 e. The summed E-state index contributed by atoms with van der Waals surface area (Å²) in [4.78, 5) is 12.0. The third-order valence-corrected chi connectivity index (χ3v) is 3.95. The molecule has 2 aromatic rings. The predicted octanol–water partition coefficient (Wildman–Crippen LogP) is 4.38. The van der Waals surface area contributed by atoms with Crippen molar-refractivity contribution in [2.75, 3.05) is 19.2 Å². The summed E-state index contributed by atoms with van der Waals surface area (Å²) in [7, 11) is 1.52. The molecular weight excluding hydrogens is 328 g/mol. The van der Waals surface area contributed by atoms with Gasteiger partial charge in [0.25, 0.3) is 0 Å². The summed E-state index contributed by atoms with van der Waals surface area (Å²) < 4.78 is 10.8. The largest absolute Gasteiger partial charge is 0.495 e. The first kappa shape index (κ1) is 17.9. The number of rotatable bonds is 6. The lowest BCUT2D eigenvalue weighted by molar-refractivity contribution is 0.234. The van der Waals surface area contributed by atoms with Crippen LogP contribution in [0.25, 0.3) is 0 Å². The summed E-state index contributed by atoms with van der Waals surface area (Å²) in [6.07, 6.45) is 0.865. The summed E-state index contributed by atoms with van der Waals surface area (Å²) in [5.74, 6) is 1.26. The van der Waals surface area contributed by atoms with E-state index in [0.29, 0.717) is 16.5 Å². The van der Waals surface area contributed by atoms with Crippen LogP contribution in [0.5, 0.6) is 11.5 Å². The Hall–Kier alpha value is -2.40. The highest BCUT2D eigenvalue weighted by Crippen LogP contribution is 2.30. The highest BCUT2D eigenvalue weighted by Gasteiger charge is 2.10. The number of carbonyl (C=O) groups is 1. The molecule has 0 aliphatic heterocycles. The fraction of sp³-hybridized carbons (Fsp3) is 0.278. The maximum atomic E-state index is 12.0. The van der Waals surface area contributed by atoms with E-state index in [4.69, 9.17) is 21.1 Å². The molecule has 2 amide bonds. The normalized spacial score (nSPS) is 10.2. The first-order chi connectivity index (χ1) is 11.5. The average molecular weight is 349 g/mol. The zero-order valence-electron chi connectivity index (χ0n) is 14.0. The topological polar surface area (TPSA) is 59.6 Å². The number of methoxy groups -OCH3 is 1. The van der Waals surface area contributed by atoms with Crippen molar-refractivity contribution in [3.8, 4) is 11.5 Å². The van der Waals surface area contributed by atoms with Crippen molar-refractivity contribution < 1.29 is 14.3 Å². The van der Waals surface area contributed by atoms with E-state index in [9.17, 15) is 4.79 Å². The number of hydrogen-bond donors (Lipinski definition) is 2. The number of anilines is 1. The molecule has 128 valence electrons. The number of hydrogen-bond acceptors (Lipinski definition) is 3. The first-order valence-electron chi connectivity index (χ1n) is 7.64. The second-order valence-electron chi connectivity index (χ2n) is 5.18. The van der Waals surface area contributed by atoms with E-state index >= 15 is 0 Å². The summed E-state index contributed by atoms with van der Waals surface area (Å²) in [5, 5.41) is 5.97. The predicted molar refractivity (Wildman–Crippen MR) is 96.2 cm³/mol. The number of carbonyl (C=O) groups excluding carboxylic acids is 1. The van der Waals surface area contributed by atoms with Gasteiger partial charge in [-0.25, -0.2) is 4.79 Å². The van der Waals surface area contributed by atoms with Crippen molar-refractivity contribution in [2.45, 2.75) is 20.3 Å². The molecule has 24 heavy (non-hydrogen) atoms. The van der Waals surface area contributed by atoms with Gasteiger partial charge in [-0.15, -0.1) is 0 Å². The highest BCUT2D eigenvalue weighted by molar-refractivity contribution is 6.31. The van der Waals surface area contributed by atoms with E-state index in [0.717, 1.165) is 23.3 Å². The van der Waals surface area contributed by atoms with Crippen LogP contribution in [-0.4, -0.2) is 19.9 Å². The van der Waals surface area contributed by atoms with Crippen LogP contribution in [0, 0.1) is 6.92 Å². The Morgan fingerprint density at radius 2 is 1.96 bits per heavy atom. The van der Waals surface area contributed by atoms with Crippen LogP contribution in [0.4, 0.5) is 10.5 Å². The number of amides is 2. The Balaban J connectivity index is 1.93. The number of ether oxygens (including phenoxy) is 2. The zero-order chi connectivity index (χ0) is 17.5. The van der Waals surface area contributed by atoms with E-state index in [1.54, 1.807) is 12.1 Å². The highest BCUT2D eigenvalue weighted by atomic mass is 35.5. The average Bonchev–Trinajstić information content (AvgIpc) is 2.58. The molecule has 2 N–H and O–H groups in total. The monoisotopic (exact) mass is 348 g/mol. The van der Waals surface area contributed by atoms with Crippen molar-refractivity contribution in [2.24, 2.45) is 0 Å². The van der Waals surface area contributed by atoms with Gasteiger partial charge in [-0.1, -0.05) is 36.7 Å². The van der Waals surface area contributed by atoms with Gasteiger partial charge in [0.05, 0.1) is 12.8 Å². The molecule has 0 aliphatic rings. The minimum atomic E-state index is -0.385. The number of nitrogens with one attached hydrogen (secondary N) is 2. The van der Waals surface area contributed by atoms with Crippen LogP contribution in [-0.2, 0) is 6.42 Å². The number of halogens is 1. The molecule has 0 spiro atoms. The van der Waals surface area contributed by atoms with Gasteiger partial charge in [-0.05, 0) is 36.6 Å². The van der Waals surface area contributed by atoms with Gasteiger partial charge in [0.2, 0.25) is 0 Å². The maximum absolute atomic E-state index is 12.0. The summed E-state index contributed by atoms with van der Waals surface area (Å²) >= 11 is 6.05. The molecule has 0 atom stereocenters. The second kappa shape index (κ2) is 8.45. The molecule has 0 unspecified atom stereocenters. The van der Waals surface area contributed by atoms with Gasteiger partial charge in [0.15, 0.2) is 6.73 Å². The minimum absolute atomic E-state index is 0.0672. The molecule has 0 bridgehead atoms. The van der Waals surface area contributed by atoms with E-state index in [1.165, 1.54) is 7.11 Å². The van der Waals surface area contributed by atoms with Crippen molar-refractivity contribution >= 4 is 23.3 Å². The van der Waals surface area contributed by atoms with Crippen LogP contribution in [0.3, 0.4) is 0 Å². The maximum Gasteiger partial charge on any atom is 0.321 e. The van der Waals surface area contributed by atoms with Gasteiger partial charge in [0.1, 0.15) is 11.5 Å². The molecule has 0 fully saturated rings. The smallest absolute Gasteiger partial charge is 0.321 e. The Labute approximate surface area is 146 Å².